The third-order valence-corrected chi connectivity index (χ3v) is 5.12. The summed E-state index contributed by atoms with van der Waals surface area (Å²) in [5, 5.41) is 14.0. The van der Waals surface area contributed by atoms with Crippen molar-refractivity contribution in [2.24, 2.45) is 0 Å². The van der Waals surface area contributed by atoms with E-state index in [0.717, 1.165) is 6.42 Å². The van der Waals surface area contributed by atoms with Crippen molar-refractivity contribution in [2.45, 2.75) is 31.1 Å². The van der Waals surface area contributed by atoms with E-state index in [1.54, 1.807) is 30.3 Å². The van der Waals surface area contributed by atoms with Crippen LogP contribution < -0.4 is 15.4 Å². The second-order valence-corrected chi connectivity index (χ2v) is 7.79. The van der Waals surface area contributed by atoms with Crippen molar-refractivity contribution in [1.82, 2.24) is 5.32 Å². The summed E-state index contributed by atoms with van der Waals surface area (Å²) in [4.78, 5) is 22.4. The fourth-order valence-corrected chi connectivity index (χ4v) is 3.51. The minimum absolute atomic E-state index is 0.00303. The molecule has 2 aromatic carbocycles. The predicted octanol–water partition coefficient (Wildman–Crippen LogP) is 3.04. The number of urea groups is 1. The van der Waals surface area contributed by atoms with Crippen LogP contribution in [0.2, 0.25) is 0 Å². The number of sulfonamides is 1. The molecule has 9 heteroatoms. The Kier molecular flexibility index (Phi) is 7.39. The molecular weight excluding hydrogens is 382 g/mol. The molecule has 2 amide bonds. The Hall–Kier alpha value is -3.07. The molecule has 0 aliphatic heterocycles. The Bertz CT molecular complexity index is 944. The number of carboxylic acid groups (broad SMARTS) is 1. The van der Waals surface area contributed by atoms with Gasteiger partial charge in [-0.2, -0.15) is 0 Å². The van der Waals surface area contributed by atoms with E-state index in [9.17, 15) is 18.0 Å². The third kappa shape index (κ3) is 6.58. The molecule has 150 valence electrons. The number of aryl methyl sites for hydroxylation is 1. The summed E-state index contributed by atoms with van der Waals surface area (Å²) >= 11 is 0. The van der Waals surface area contributed by atoms with Crippen LogP contribution in [0, 0.1) is 0 Å². The van der Waals surface area contributed by atoms with Crippen LogP contribution >= 0.6 is 0 Å². The van der Waals surface area contributed by atoms with Gasteiger partial charge < -0.3 is 15.7 Å². The molecule has 0 aromatic heterocycles. The van der Waals surface area contributed by atoms with Gasteiger partial charge in [-0.1, -0.05) is 25.1 Å². The highest BCUT2D eigenvalue weighted by Gasteiger charge is 2.15. The van der Waals surface area contributed by atoms with E-state index in [1.165, 1.54) is 18.2 Å². The van der Waals surface area contributed by atoms with Crippen molar-refractivity contribution in [1.29, 1.82) is 0 Å². The van der Waals surface area contributed by atoms with Gasteiger partial charge in [0.25, 0.3) is 10.0 Å². The van der Waals surface area contributed by atoms with Crippen molar-refractivity contribution in [3.05, 3.63) is 54.1 Å². The maximum Gasteiger partial charge on any atom is 0.319 e. The highest BCUT2D eigenvalue weighted by Crippen LogP contribution is 2.20. The van der Waals surface area contributed by atoms with Gasteiger partial charge in [0.15, 0.2) is 0 Å². The van der Waals surface area contributed by atoms with Crippen molar-refractivity contribution in [2.75, 3.05) is 16.6 Å². The van der Waals surface area contributed by atoms with Crippen LogP contribution in [0.5, 0.6) is 0 Å². The lowest BCUT2D eigenvalue weighted by molar-refractivity contribution is -0.136. The normalized spacial score (nSPS) is 10.9. The molecule has 0 saturated heterocycles. The molecule has 0 bridgehead atoms. The van der Waals surface area contributed by atoms with Crippen LogP contribution in [0.4, 0.5) is 16.2 Å². The van der Waals surface area contributed by atoms with E-state index in [4.69, 9.17) is 5.11 Å². The summed E-state index contributed by atoms with van der Waals surface area (Å²) in [5.74, 6) is -0.918. The lowest BCUT2D eigenvalue weighted by atomic mass is 10.1. The Labute approximate surface area is 164 Å². The van der Waals surface area contributed by atoms with Crippen molar-refractivity contribution < 1.29 is 23.1 Å². The number of nitrogens with one attached hydrogen (secondary N) is 3. The second-order valence-electron chi connectivity index (χ2n) is 6.11. The Morgan fingerprint density at radius 3 is 2.46 bits per heavy atom. The number of carbonyl (C=O) groups excluding carboxylic acids is 1. The first-order chi connectivity index (χ1) is 13.3. The van der Waals surface area contributed by atoms with Crippen LogP contribution in [0.25, 0.3) is 0 Å². The van der Waals surface area contributed by atoms with Crippen molar-refractivity contribution in [3.8, 4) is 0 Å². The van der Waals surface area contributed by atoms with Gasteiger partial charge in [0.05, 0.1) is 4.90 Å². The number of hydrogen-bond acceptors (Lipinski definition) is 4. The maximum absolute atomic E-state index is 12.7. The fraction of sp³-hybridized carbons (Fsp3) is 0.263. The highest BCUT2D eigenvalue weighted by atomic mass is 32.2. The lowest BCUT2D eigenvalue weighted by Crippen LogP contribution is -2.29. The average molecular weight is 405 g/mol. The molecule has 2 aromatic rings. The standard InChI is InChI=1S/C19H23N3O5S/c1-2-11-20-19(25)21-15-6-4-8-17(13-15)28(26,27)22-16-7-3-5-14(12-16)9-10-18(23)24/h3-8,12-13,22H,2,9-11H2,1H3,(H,23,24)(H2,20,21,25). The Morgan fingerprint density at radius 2 is 1.75 bits per heavy atom. The van der Waals surface area contributed by atoms with Gasteiger partial charge in [-0.3, -0.25) is 9.52 Å². The largest absolute Gasteiger partial charge is 0.481 e. The molecule has 0 heterocycles. The van der Waals surface area contributed by atoms with Crippen LogP contribution in [0.15, 0.2) is 53.4 Å². The summed E-state index contributed by atoms with van der Waals surface area (Å²) in [6, 6.07) is 12.1. The van der Waals surface area contributed by atoms with Gasteiger partial charge in [-0.05, 0) is 48.7 Å². The summed E-state index contributed by atoms with van der Waals surface area (Å²) in [6.45, 7) is 2.44. The van der Waals surface area contributed by atoms with Gasteiger partial charge in [0.2, 0.25) is 0 Å². The third-order valence-electron chi connectivity index (χ3n) is 3.74. The van der Waals surface area contributed by atoms with Crippen molar-refractivity contribution >= 4 is 33.4 Å². The van der Waals surface area contributed by atoms with Crippen LogP contribution in [-0.2, 0) is 21.2 Å². The predicted molar refractivity (Wildman–Crippen MR) is 107 cm³/mol. The van der Waals surface area contributed by atoms with E-state index >= 15 is 0 Å². The molecule has 0 aliphatic carbocycles. The molecule has 0 fully saturated rings. The molecular formula is C19H23N3O5S. The summed E-state index contributed by atoms with van der Waals surface area (Å²) in [7, 11) is -3.87. The van der Waals surface area contributed by atoms with Gasteiger partial charge >= 0.3 is 12.0 Å². The van der Waals surface area contributed by atoms with Gasteiger partial charge in [0.1, 0.15) is 0 Å². The summed E-state index contributed by atoms with van der Waals surface area (Å²) in [5.41, 5.74) is 1.40. The maximum atomic E-state index is 12.7. The first kappa shape index (κ1) is 21.2. The number of carbonyl (C=O) groups is 2. The number of amides is 2. The molecule has 8 nitrogen and oxygen atoms in total. The topological polar surface area (TPSA) is 125 Å². The zero-order valence-electron chi connectivity index (χ0n) is 15.4. The van der Waals surface area contributed by atoms with Crippen LogP contribution in [0.1, 0.15) is 25.3 Å². The molecule has 0 aliphatic rings. The van der Waals surface area contributed by atoms with E-state index in [1.807, 2.05) is 6.92 Å². The van der Waals surface area contributed by atoms with Crippen molar-refractivity contribution in [3.63, 3.8) is 0 Å². The smallest absolute Gasteiger partial charge is 0.319 e. The molecule has 0 unspecified atom stereocenters. The van der Waals surface area contributed by atoms with Gasteiger partial charge in [-0.25, -0.2) is 13.2 Å². The number of hydrogen-bond donors (Lipinski definition) is 4. The quantitative estimate of drug-likeness (QED) is 0.510. The van der Waals surface area contributed by atoms with E-state index in [-0.39, 0.29) is 11.3 Å². The van der Waals surface area contributed by atoms with Gasteiger partial charge in [-0.15, -0.1) is 0 Å². The van der Waals surface area contributed by atoms with Crippen LogP contribution in [-0.4, -0.2) is 32.1 Å². The lowest BCUT2D eigenvalue weighted by Gasteiger charge is -2.11. The van der Waals surface area contributed by atoms with Crippen LogP contribution in [0.3, 0.4) is 0 Å². The molecule has 4 N–H and O–H groups in total. The number of rotatable bonds is 9. The van der Waals surface area contributed by atoms with E-state index in [0.29, 0.717) is 29.9 Å². The molecule has 0 atom stereocenters. The number of anilines is 2. The summed E-state index contributed by atoms with van der Waals surface area (Å²) in [6.07, 6.45) is 1.05. The van der Waals surface area contributed by atoms with E-state index < -0.39 is 22.0 Å². The first-order valence-electron chi connectivity index (χ1n) is 8.78. The minimum Gasteiger partial charge on any atom is -0.481 e. The van der Waals surface area contributed by atoms with Gasteiger partial charge in [0, 0.05) is 24.3 Å². The minimum atomic E-state index is -3.87. The fourth-order valence-electron chi connectivity index (χ4n) is 2.41. The Balaban J connectivity index is 2.12. The number of carboxylic acids is 1. The first-order valence-corrected chi connectivity index (χ1v) is 10.3. The number of aliphatic carboxylic acids is 1. The summed E-state index contributed by atoms with van der Waals surface area (Å²) < 4.78 is 27.8. The zero-order valence-corrected chi connectivity index (χ0v) is 16.3. The molecule has 0 radical (unpaired) electrons. The zero-order chi connectivity index (χ0) is 20.6. The monoisotopic (exact) mass is 405 g/mol. The average Bonchev–Trinajstić information content (AvgIpc) is 2.65. The molecule has 28 heavy (non-hydrogen) atoms. The van der Waals surface area contributed by atoms with E-state index in [2.05, 4.69) is 15.4 Å². The molecule has 2 rings (SSSR count). The second kappa shape index (κ2) is 9.75. The molecule has 0 spiro atoms. The molecule has 0 saturated carbocycles. The highest BCUT2D eigenvalue weighted by molar-refractivity contribution is 7.92. The number of benzene rings is 2. The SMILES string of the molecule is CCCNC(=O)Nc1cccc(S(=O)(=O)Nc2cccc(CCC(=O)O)c2)c1. The Morgan fingerprint density at radius 1 is 1.04 bits per heavy atom.